The van der Waals surface area contributed by atoms with Crippen LogP contribution in [0.25, 0.3) is 0 Å². The molecule has 0 amide bonds. The lowest BCUT2D eigenvalue weighted by molar-refractivity contribution is -0.154. The molecule has 0 aromatic carbocycles. The Balaban J connectivity index is 2.52. The Morgan fingerprint density at radius 3 is 2.25 bits per heavy atom. The Bertz CT molecular complexity index is 487. The van der Waals surface area contributed by atoms with Crippen LogP contribution in [0, 0.1) is 24.2 Å². The number of ether oxygens (including phenoxy) is 2. The van der Waals surface area contributed by atoms with Crippen LogP contribution in [0.3, 0.4) is 0 Å². The highest BCUT2D eigenvalue weighted by molar-refractivity contribution is 6.74. The van der Waals surface area contributed by atoms with E-state index in [1.54, 1.807) is 0 Å². The smallest absolute Gasteiger partial charge is 0.311 e. The molecule has 0 aromatic heterocycles. The van der Waals surface area contributed by atoms with Gasteiger partial charge in [0.1, 0.15) is 18.3 Å². The predicted octanol–water partition coefficient (Wildman–Crippen LogP) is 3.96. The summed E-state index contributed by atoms with van der Waals surface area (Å²) in [6.45, 7) is 17.2. The summed E-state index contributed by atoms with van der Waals surface area (Å²) in [5, 5.41) is 0.109. The molecule has 0 N–H and O–H groups in total. The fraction of sp³-hybridized carbons (Fsp3) is 0.789. The number of hydrogen-bond acceptors (Lipinski definition) is 4. The van der Waals surface area contributed by atoms with Crippen LogP contribution < -0.4 is 0 Å². The van der Waals surface area contributed by atoms with E-state index in [0.29, 0.717) is 13.0 Å². The third-order valence-corrected chi connectivity index (χ3v) is 9.19. The summed E-state index contributed by atoms with van der Waals surface area (Å²) < 4.78 is 17.1. The van der Waals surface area contributed by atoms with Crippen LogP contribution in [0.15, 0.2) is 0 Å². The molecule has 0 spiro atoms. The van der Waals surface area contributed by atoms with E-state index in [4.69, 9.17) is 20.3 Å². The highest BCUT2D eigenvalue weighted by atomic mass is 28.4. The Morgan fingerprint density at radius 2 is 1.88 bits per heavy atom. The molecular formula is C19H33O4Si. The summed E-state index contributed by atoms with van der Waals surface area (Å²) >= 11 is 0. The number of hydrogen-bond donors (Lipinski definition) is 0. The lowest BCUT2D eigenvalue weighted by Crippen LogP contribution is -2.44. The molecule has 1 fully saturated rings. The van der Waals surface area contributed by atoms with Crippen molar-refractivity contribution < 1.29 is 18.7 Å². The molecule has 137 valence electrons. The molecule has 24 heavy (non-hydrogen) atoms. The van der Waals surface area contributed by atoms with Crippen LogP contribution in [-0.2, 0) is 18.7 Å². The highest BCUT2D eigenvalue weighted by Gasteiger charge is 2.47. The van der Waals surface area contributed by atoms with Gasteiger partial charge in [-0.3, -0.25) is 4.79 Å². The normalized spacial score (nSPS) is 22.6. The van der Waals surface area contributed by atoms with Gasteiger partial charge in [0.05, 0.1) is 12.0 Å². The minimum absolute atomic E-state index is 0.109. The zero-order valence-corrected chi connectivity index (χ0v) is 17.5. The van der Waals surface area contributed by atoms with E-state index in [1.165, 1.54) is 0 Å². The second-order valence-electron chi connectivity index (χ2n) is 9.15. The van der Waals surface area contributed by atoms with Crippen molar-refractivity contribution in [1.29, 1.82) is 0 Å². The summed E-state index contributed by atoms with van der Waals surface area (Å²) in [6.07, 6.45) is 7.97. The van der Waals surface area contributed by atoms with Crippen molar-refractivity contribution in [3.8, 4) is 12.3 Å². The number of rotatable bonds is 7. The van der Waals surface area contributed by atoms with Gasteiger partial charge in [0.25, 0.3) is 0 Å². The minimum Gasteiger partial charge on any atom is -0.462 e. The molecule has 1 saturated heterocycles. The van der Waals surface area contributed by atoms with E-state index >= 15 is 0 Å². The summed E-state index contributed by atoms with van der Waals surface area (Å²) in [4.78, 5) is 11.9. The first-order valence-electron chi connectivity index (χ1n) is 8.52. The van der Waals surface area contributed by atoms with Gasteiger partial charge in [0.2, 0.25) is 0 Å². The second-order valence-corrected chi connectivity index (χ2v) is 13.9. The molecule has 1 heterocycles. The Kier molecular flexibility index (Phi) is 6.35. The molecule has 4 nitrogen and oxygen atoms in total. The summed E-state index contributed by atoms with van der Waals surface area (Å²) in [6, 6.07) is 0. The van der Waals surface area contributed by atoms with Crippen molar-refractivity contribution in [1.82, 2.24) is 0 Å². The molecular weight excluding hydrogens is 320 g/mol. The van der Waals surface area contributed by atoms with Crippen LogP contribution in [0.5, 0.6) is 0 Å². The van der Waals surface area contributed by atoms with Gasteiger partial charge in [-0.2, -0.15) is 0 Å². The van der Waals surface area contributed by atoms with E-state index in [0.717, 1.165) is 0 Å². The summed E-state index contributed by atoms with van der Waals surface area (Å²) in [5.74, 6) is 2.51. The monoisotopic (exact) mass is 353 g/mol. The molecule has 0 aromatic rings. The SMILES string of the molecule is C#C[C@@H](C[CH][C@]1(COC(=O)C(C)(C)C)CO1)O[Si](C)(C)C(C)(C)C. The maximum absolute atomic E-state index is 11.9. The van der Waals surface area contributed by atoms with Crippen LogP contribution in [0.4, 0.5) is 0 Å². The standard InChI is InChI=1S/C19H33O4Si/c1-10-15(23-24(8,9)18(5,6)7)11-12-19(14-22-19)13-21-16(20)17(2,3)4/h1,12,15H,11,13-14H2,2-9H3/t15-,19-/m0/s1. The number of carbonyl (C=O) groups is 1. The van der Waals surface area contributed by atoms with Crippen molar-refractivity contribution >= 4 is 14.3 Å². The molecule has 1 aliphatic heterocycles. The van der Waals surface area contributed by atoms with E-state index < -0.39 is 19.3 Å². The number of esters is 1. The maximum atomic E-state index is 11.9. The third-order valence-electron chi connectivity index (χ3n) is 4.71. The van der Waals surface area contributed by atoms with Gasteiger partial charge in [0.15, 0.2) is 8.32 Å². The van der Waals surface area contributed by atoms with Gasteiger partial charge in [-0.15, -0.1) is 6.42 Å². The molecule has 2 atom stereocenters. The molecule has 0 aliphatic carbocycles. The Labute approximate surface area is 148 Å². The van der Waals surface area contributed by atoms with Gasteiger partial charge in [-0.05, 0) is 45.3 Å². The van der Waals surface area contributed by atoms with Crippen LogP contribution >= 0.6 is 0 Å². The zero-order valence-electron chi connectivity index (χ0n) is 16.5. The molecule has 1 radical (unpaired) electrons. The van der Waals surface area contributed by atoms with Gasteiger partial charge in [-0.1, -0.05) is 26.7 Å². The first kappa shape index (κ1) is 21.2. The molecule has 1 rings (SSSR count). The third kappa shape index (κ3) is 5.91. The first-order chi connectivity index (χ1) is 10.7. The van der Waals surface area contributed by atoms with Crippen molar-refractivity contribution in [3.05, 3.63) is 6.42 Å². The molecule has 1 aliphatic rings. The quantitative estimate of drug-likeness (QED) is 0.301. The van der Waals surface area contributed by atoms with Gasteiger partial charge >= 0.3 is 5.97 Å². The predicted molar refractivity (Wildman–Crippen MR) is 98.9 cm³/mol. The van der Waals surface area contributed by atoms with Crippen molar-refractivity contribution in [3.63, 3.8) is 0 Å². The largest absolute Gasteiger partial charge is 0.462 e. The average molecular weight is 354 g/mol. The maximum Gasteiger partial charge on any atom is 0.311 e. The number of epoxide rings is 1. The van der Waals surface area contributed by atoms with Crippen molar-refractivity contribution in [2.24, 2.45) is 5.41 Å². The van der Waals surface area contributed by atoms with E-state index in [1.807, 2.05) is 27.2 Å². The fourth-order valence-corrected chi connectivity index (χ4v) is 2.99. The molecule has 0 bridgehead atoms. The topological polar surface area (TPSA) is 48.1 Å². The lowest BCUT2D eigenvalue weighted by Gasteiger charge is -2.38. The van der Waals surface area contributed by atoms with Crippen molar-refractivity contribution in [2.75, 3.05) is 13.2 Å². The summed E-state index contributed by atoms with van der Waals surface area (Å²) in [7, 11) is -1.91. The van der Waals surface area contributed by atoms with Gasteiger partial charge in [0, 0.05) is 6.42 Å². The number of carbonyl (C=O) groups excluding carboxylic acids is 1. The molecule has 5 heteroatoms. The molecule has 0 saturated carbocycles. The Morgan fingerprint density at radius 1 is 1.33 bits per heavy atom. The Hall–Kier alpha value is -0.833. The number of terminal acetylenes is 1. The average Bonchev–Trinajstić information content (AvgIpc) is 3.19. The van der Waals surface area contributed by atoms with Crippen LogP contribution in [0.1, 0.15) is 48.0 Å². The second kappa shape index (κ2) is 7.19. The summed E-state index contributed by atoms with van der Waals surface area (Å²) in [5.41, 5.74) is -1.00. The van der Waals surface area contributed by atoms with E-state index in [9.17, 15) is 4.79 Å². The van der Waals surface area contributed by atoms with E-state index in [-0.39, 0.29) is 23.7 Å². The lowest BCUT2D eigenvalue weighted by atomic mass is 9.97. The fourth-order valence-electron chi connectivity index (χ4n) is 1.76. The first-order valence-corrected chi connectivity index (χ1v) is 11.4. The van der Waals surface area contributed by atoms with Crippen LogP contribution in [-0.4, -0.2) is 39.2 Å². The molecule has 0 unspecified atom stereocenters. The van der Waals surface area contributed by atoms with E-state index in [2.05, 4.69) is 39.8 Å². The van der Waals surface area contributed by atoms with Crippen molar-refractivity contribution in [2.45, 2.75) is 77.8 Å². The van der Waals surface area contributed by atoms with Gasteiger partial charge < -0.3 is 13.9 Å². The highest BCUT2D eigenvalue weighted by Crippen LogP contribution is 2.39. The zero-order chi connectivity index (χ0) is 18.8. The van der Waals surface area contributed by atoms with Gasteiger partial charge in [-0.25, -0.2) is 0 Å². The van der Waals surface area contributed by atoms with Crippen LogP contribution in [0.2, 0.25) is 18.1 Å². The minimum atomic E-state index is -1.91.